The van der Waals surface area contributed by atoms with Crippen molar-refractivity contribution in [3.63, 3.8) is 0 Å². The fourth-order valence-corrected chi connectivity index (χ4v) is 3.10. The van der Waals surface area contributed by atoms with Crippen molar-refractivity contribution in [1.82, 2.24) is 14.5 Å². The first kappa shape index (κ1) is 16.6. The second-order valence-electron chi connectivity index (χ2n) is 6.77. The number of rotatable bonds is 4. The van der Waals surface area contributed by atoms with Crippen molar-refractivity contribution < 1.29 is 0 Å². The molecule has 0 bridgehead atoms. The molecule has 0 aliphatic carbocycles. The third-order valence-corrected chi connectivity index (χ3v) is 4.80. The van der Waals surface area contributed by atoms with E-state index in [0.717, 1.165) is 31.4 Å². The Hall–Kier alpha value is -2.30. The molecule has 128 valence electrons. The SMILES string of the molecule is Cc1nccn1Cc1cccc(CN=C(N)N2CCC(C)CC2)c1. The maximum atomic E-state index is 6.17. The lowest BCUT2D eigenvalue weighted by molar-refractivity contribution is 0.277. The monoisotopic (exact) mass is 325 g/mol. The summed E-state index contributed by atoms with van der Waals surface area (Å²) < 4.78 is 2.14. The van der Waals surface area contributed by atoms with Gasteiger partial charge in [-0.1, -0.05) is 31.2 Å². The van der Waals surface area contributed by atoms with Gasteiger partial charge in [0.1, 0.15) is 5.82 Å². The lowest BCUT2D eigenvalue weighted by Crippen LogP contribution is -2.42. The van der Waals surface area contributed by atoms with Crippen molar-refractivity contribution in [1.29, 1.82) is 0 Å². The number of hydrogen-bond acceptors (Lipinski definition) is 2. The second kappa shape index (κ2) is 7.51. The first-order chi connectivity index (χ1) is 11.6. The van der Waals surface area contributed by atoms with Crippen LogP contribution < -0.4 is 5.73 Å². The number of aryl methyl sites for hydroxylation is 1. The summed E-state index contributed by atoms with van der Waals surface area (Å²) in [4.78, 5) is 11.1. The van der Waals surface area contributed by atoms with Gasteiger partial charge in [0.15, 0.2) is 5.96 Å². The van der Waals surface area contributed by atoms with E-state index >= 15 is 0 Å². The van der Waals surface area contributed by atoms with E-state index < -0.39 is 0 Å². The Bertz CT molecular complexity index is 695. The zero-order valence-corrected chi connectivity index (χ0v) is 14.7. The van der Waals surface area contributed by atoms with E-state index in [1.165, 1.54) is 24.0 Å². The average molecular weight is 325 g/mol. The van der Waals surface area contributed by atoms with Gasteiger partial charge in [-0.25, -0.2) is 9.98 Å². The largest absolute Gasteiger partial charge is 0.370 e. The molecule has 2 heterocycles. The molecule has 1 saturated heterocycles. The van der Waals surface area contributed by atoms with E-state index in [-0.39, 0.29) is 0 Å². The van der Waals surface area contributed by atoms with E-state index in [2.05, 4.69) is 50.6 Å². The Kier molecular flexibility index (Phi) is 5.18. The van der Waals surface area contributed by atoms with Crippen molar-refractivity contribution in [3.05, 3.63) is 53.6 Å². The van der Waals surface area contributed by atoms with Gasteiger partial charge in [-0.05, 0) is 36.8 Å². The summed E-state index contributed by atoms with van der Waals surface area (Å²) in [6, 6.07) is 8.54. The number of guanidine groups is 1. The van der Waals surface area contributed by atoms with Crippen molar-refractivity contribution >= 4 is 5.96 Å². The van der Waals surface area contributed by atoms with Crippen LogP contribution in [0.3, 0.4) is 0 Å². The summed E-state index contributed by atoms with van der Waals surface area (Å²) in [6.07, 6.45) is 6.26. The van der Waals surface area contributed by atoms with Crippen LogP contribution in [0.4, 0.5) is 0 Å². The van der Waals surface area contributed by atoms with Crippen LogP contribution in [0.25, 0.3) is 0 Å². The van der Waals surface area contributed by atoms with Crippen LogP contribution >= 0.6 is 0 Å². The molecular weight excluding hydrogens is 298 g/mol. The zero-order chi connectivity index (χ0) is 16.9. The van der Waals surface area contributed by atoms with Crippen molar-refractivity contribution in [2.45, 2.75) is 39.8 Å². The van der Waals surface area contributed by atoms with Gasteiger partial charge < -0.3 is 15.2 Å². The van der Waals surface area contributed by atoms with Gasteiger partial charge >= 0.3 is 0 Å². The van der Waals surface area contributed by atoms with Gasteiger partial charge in [0.25, 0.3) is 0 Å². The Morgan fingerprint density at radius 1 is 1.29 bits per heavy atom. The molecule has 0 radical (unpaired) electrons. The Morgan fingerprint density at radius 3 is 2.75 bits per heavy atom. The predicted octanol–water partition coefficient (Wildman–Crippen LogP) is 2.79. The van der Waals surface area contributed by atoms with Crippen LogP contribution in [-0.2, 0) is 13.1 Å². The number of piperidine rings is 1. The fraction of sp³-hybridized carbons (Fsp3) is 0.474. The third kappa shape index (κ3) is 4.16. The molecule has 1 aromatic heterocycles. The number of benzene rings is 1. The Labute approximate surface area is 144 Å². The standard InChI is InChI=1S/C19H27N5/c1-15-6-9-23(10-7-15)19(20)22-13-17-4-3-5-18(12-17)14-24-11-8-21-16(24)2/h3-5,8,11-12,15H,6-7,9-10,13-14H2,1-2H3,(H2,20,22). The topological polar surface area (TPSA) is 59.4 Å². The molecule has 0 spiro atoms. The van der Waals surface area contributed by atoms with Crippen molar-refractivity contribution in [2.24, 2.45) is 16.6 Å². The Morgan fingerprint density at radius 2 is 2.04 bits per heavy atom. The quantitative estimate of drug-likeness (QED) is 0.694. The zero-order valence-electron chi connectivity index (χ0n) is 14.7. The van der Waals surface area contributed by atoms with Gasteiger partial charge in [0, 0.05) is 32.0 Å². The number of aliphatic imine (C=N–C) groups is 1. The van der Waals surface area contributed by atoms with Gasteiger partial charge in [-0.2, -0.15) is 0 Å². The van der Waals surface area contributed by atoms with Crippen LogP contribution in [0, 0.1) is 12.8 Å². The Balaban J connectivity index is 1.62. The maximum Gasteiger partial charge on any atom is 0.191 e. The van der Waals surface area contributed by atoms with E-state index in [4.69, 9.17) is 5.73 Å². The second-order valence-corrected chi connectivity index (χ2v) is 6.77. The first-order valence-corrected chi connectivity index (χ1v) is 8.72. The lowest BCUT2D eigenvalue weighted by atomic mass is 10.00. The van der Waals surface area contributed by atoms with Gasteiger partial charge in [-0.15, -0.1) is 0 Å². The fourth-order valence-electron chi connectivity index (χ4n) is 3.10. The molecule has 1 fully saturated rings. The molecule has 2 aromatic rings. The van der Waals surface area contributed by atoms with Crippen LogP contribution in [-0.4, -0.2) is 33.5 Å². The average Bonchev–Trinajstić information content (AvgIpc) is 2.98. The van der Waals surface area contributed by atoms with E-state index in [9.17, 15) is 0 Å². The number of likely N-dealkylation sites (tertiary alicyclic amines) is 1. The summed E-state index contributed by atoms with van der Waals surface area (Å²) in [7, 11) is 0. The highest BCUT2D eigenvalue weighted by Gasteiger charge is 2.16. The molecule has 1 aliphatic heterocycles. The highest BCUT2D eigenvalue weighted by Crippen LogP contribution is 2.16. The number of nitrogens with zero attached hydrogens (tertiary/aromatic N) is 4. The highest BCUT2D eigenvalue weighted by atomic mass is 15.3. The maximum absolute atomic E-state index is 6.17. The van der Waals surface area contributed by atoms with E-state index in [0.29, 0.717) is 12.5 Å². The molecule has 0 amide bonds. The summed E-state index contributed by atoms with van der Waals surface area (Å²) in [5.41, 5.74) is 8.62. The normalized spacial score (nSPS) is 16.6. The van der Waals surface area contributed by atoms with Crippen molar-refractivity contribution in [2.75, 3.05) is 13.1 Å². The molecule has 1 aromatic carbocycles. The summed E-state index contributed by atoms with van der Waals surface area (Å²) >= 11 is 0. The summed E-state index contributed by atoms with van der Waals surface area (Å²) in [5, 5.41) is 0. The molecule has 5 heteroatoms. The third-order valence-electron chi connectivity index (χ3n) is 4.80. The molecule has 0 atom stereocenters. The van der Waals surface area contributed by atoms with Gasteiger partial charge in [0.05, 0.1) is 6.54 Å². The van der Waals surface area contributed by atoms with Crippen LogP contribution in [0.1, 0.15) is 36.7 Å². The summed E-state index contributed by atoms with van der Waals surface area (Å²) in [5.74, 6) is 2.51. The van der Waals surface area contributed by atoms with E-state index in [1.54, 1.807) is 0 Å². The molecule has 3 rings (SSSR count). The highest BCUT2D eigenvalue weighted by molar-refractivity contribution is 5.78. The minimum absolute atomic E-state index is 0.634. The smallest absolute Gasteiger partial charge is 0.191 e. The van der Waals surface area contributed by atoms with Crippen LogP contribution in [0.2, 0.25) is 0 Å². The van der Waals surface area contributed by atoms with Gasteiger partial charge in [0.2, 0.25) is 0 Å². The molecule has 0 unspecified atom stereocenters. The minimum atomic E-state index is 0.634. The van der Waals surface area contributed by atoms with Crippen LogP contribution in [0.5, 0.6) is 0 Å². The van der Waals surface area contributed by atoms with E-state index in [1.807, 2.05) is 19.3 Å². The molecule has 0 saturated carbocycles. The first-order valence-electron chi connectivity index (χ1n) is 8.72. The number of aromatic nitrogens is 2. The lowest BCUT2D eigenvalue weighted by Gasteiger charge is -2.31. The molecule has 1 aliphatic rings. The van der Waals surface area contributed by atoms with Crippen molar-refractivity contribution in [3.8, 4) is 0 Å². The predicted molar refractivity (Wildman–Crippen MR) is 97.8 cm³/mol. The summed E-state index contributed by atoms with van der Waals surface area (Å²) in [6.45, 7) is 7.84. The number of imidazole rings is 1. The number of nitrogens with two attached hydrogens (primary N) is 1. The minimum Gasteiger partial charge on any atom is -0.370 e. The molecular formula is C19H27N5. The number of hydrogen-bond donors (Lipinski definition) is 1. The molecule has 5 nitrogen and oxygen atoms in total. The molecule has 2 N–H and O–H groups in total. The molecule has 24 heavy (non-hydrogen) atoms. The van der Waals surface area contributed by atoms with Gasteiger partial charge in [-0.3, -0.25) is 0 Å². The van der Waals surface area contributed by atoms with Crippen LogP contribution in [0.15, 0.2) is 41.7 Å².